The highest BCUT2D eigenvalue weighted by atomic mass is 35.5. The topological polar surface area (TPSA) is 77.8 Å². The molecule has 0 unspecified atom stereocenters. The summed E-state index contributed by atoms with van der Waals surface area (Å²) >= 11 is 5.87. The van der Waals surface area contributed by atoms with E-state index in [0.29, 0.717) is 0 Å². The van der Waals surface area contributed by atoms with E-state index in [9.17, 15) is 19.1 Å². The van der Waals surface area contributed by atoms with Gasteiger partial charge in [0.05, 0.1) is 6.42 Å². The van der Waals surface area contributed by atoms with Crippen LogP contribution in [-0.4, -0.2) is 45.7 Å². The maximum Gasteiger partial charge on any atom is 0.335 e. The molecule has 0 atom stereocenters. The number of piperidine rings is 1. The second-order valence-electron chi connectivity index (χ2n) is 5.09. The van der Waals surface area contributed by atoms with Gasteiger partial charge < -0.3 is 15.1 Å². The number of hydrogen-bond acceptors (Lipinski definition) is 3. The zero-order valence-electron chi connectivity index (χ0n) is 11.2. The molecule has 1 heterocycles. The number of nitrogens with zero attached hydrogens (tertiary/aromatic N) is 1. The third-order valence-corrected chi connectivity index (χ3v) is 4.09. The van der Waals surface area contributed by atoms with Gasteiger partial charge in [-0.25, -0.2) is 9.18 Å². The van der Waals surface area contributed by atoms with E-state index in [1.807, 2.05) is 0 Å². The summed E-state index contributed by atoms with van der Waals surface area (Å²) in [7, 11) is 0. The Hall–Kier alpha value is -1.66. The van der Waals surface area contributed by atoms with Gasteiger partial charge in [-0.1, -0.05) is 17.7 Å². The highest BCUT2D eigenvalue weighted by Crippen LogP contribution is 2.24. The first kappa shape index (κ1) is 15.7. The molecule has 2 N–H and O–H groups in total. The fourth-order valence-electron chi connectivity index (χ4n) is 2.30. The number of carbonyl (C=O) groups excluding carboxylic acids is 1. The monoisotopic (exact) mass is 315 g/mol. The van der Waals surface area contributed by atoms with Crippen molar-refractivity contribution in [2.45, 2.75) is 24.9 Å². The summed E-state index contributed by atoms with van der Waals surface area (Å²) in [5, 5.41) is 18.9. The number of hydrogen-bond donors (Lipinski definition) is 2. The minimum absolute atomic E-state index is 0.0426. The first-order valence-electron chi connectivity index (χ1n) is 6.50. The zero-order chi connectivity index (χ0) is 15.6. The Balaban J connectivity index is 2.02. The summed E-state index contributed by atoms with van der Waals surface area (Å²) < 4.78 is 13.6. The van der Waals surface area contributed by atoms with Crippen LogP contribution in [0.15, 0.2) is 18.2 Å². The molecule has 1 saturated heterocycles. The Morgan fingerprint density at radius 2 is 1.95 bits per heavy atom. The van der Waals surface area contributed by atoms with Crippen molar-refractivity contribution < 1.29 is 24.2 Å². The maximum atomic E-state index is 13.6. The molecule has 1 fully saturated rings. The quantitative estimate of drug-likeness (QED) is 0.885. The number of benzene rings is 1. The number of carboxylic acid groups (broad SMARTS) is 1. The second kappa shape index (κ2) is 5.99. The van der Waals surface area contributed by atoms with Crippen LogP contribution in [0.1, 0.15) is 18.4 Å². The molecule has 1 aromatic rings. The molecule has 1 aromatic carbocycles. The van der Waals surface area contributed by atoms with Crippen molar-refractivity contribution in [1.82, 2.24) is 4.90 Å². The van der Waals surface area contributed by atoms with E-state index in [0.717, 1.165) is 0 Å². The molecule has 114 valence electrons. The Kier molecular flexibility index (Phi) is 4.49. The number of rotatable bonds is 3. The summed E-state index contributed by atoms with van der Waals surface area (Å²) in [4.78, 5) is 24.5. The third kappa shape index (κ3) is 3.33. The van der Waals surface area contributed by atoms with Crippen molar-refractivity contribution in [3.8, 4) is 0 Å². The van der Waals surface area contributed by atoms with Crippen molar-refractivity contribution in [2.75, 3.05) is 13.1 Å². The molecule has 1 aliphatic rings. The summed E-state index contributed by atoms with van der Waals surface area (Å²) in [5.41, 5.74) is -1.66. The molecule has 2 rings (SSSR count). The smallest absolute Gasteiger partial charge is 0.335 e. The van der Waals surface area contributed by atoms with Gasteiger partial charge in [-0.3, -0.25) is 4.79 Å². The fourth-order valence-corrected chi connectivity index (χ4v) is 2.53. The normalized spacial score (nSPS) is 17.6. The van der Waals surface area contributed by atoms with E-state index >= 15 is 0 Å². The Labute approximate surface area is 125 Å². The molecule has 0 aliphatic carbocycles. The van der Waals surface area contributed by atoms with E-state index < -0.39 is 17.4 Å². The van der Waals surface area contributed by atoms with Crippen LogP contribution in [0.4, 0.5) is 4.39 Å². The van der Waals surface area contributed by atoms with E-state index in [1.54, 1.807) is 0 Å². The van der Waals surface area contributed by atoms with Crippen molar-refractivity contribution >= 4 is 23.5 Å². The summed E-state index contributed by atoms with van der Waals surface area (Å²) in [6.07, 6.45) is -0.269. The zero-order valence-corrected chi connectivity index (χ0v) is 11.9. The van der Waals surface area contributed by atoms with Crippen LogP contribution < -0.4 is 0 Å². The first-order valence-corrected chi connectivity index (χ1v) is 6.88. The molecule has 0 spiro atoms. The average molecular weight is 316 g/mol. The van der Waals surface area contributed by atoms with Crippen molar-refractivity contribution in [3.63, 3.8) is 0 Å². The minimum atomic E-state index is -1.79. The minimum Gasteiger partial charge on any atom is -0.479 e. The van der Waals surface area contributed by atoms with Crippen LogP contribution in [0.2, 0.25) is 5.02 Å². The van der Waals surface area contributed by atoms with Gasteiger partial charge in [0.25, 0.3) is 0 Å². The highest BCUT2D eigenvalue weighted by molar-refractivity contribution is 6.31. The number of carbonyl (C=O) groups is 2. The lowest BCUT2D eigenvalue weighted by Gasteiger charge is -2.35. The van der Waals surface area contributed by atoms with Gasteiger partial charge in [0.2, 0.25) is 5.91 Å². The molecule has 0 radical (unpaired) electrons. The number of amides is 1. The lowest BCUT2D eigenvalue weighted by molar-refractivity contribution is -0.165. The van der Waals surface area contributed by atoms with Gasteiger partial charge >= 0.3 is 5.97 Å². The Morgan fingerprint density at radius 1 is 1.33 bits per heavy atom. The molecule has 0 bridgehead atoms. The summed E-state index contributed by atoms with van der Waals surface area (Å²) in [6.45, 7) is 0.238. The molecule has 7 heteroatoms. The van der Waals surface area contributed by atoms with Crippen LogP contribution in [0, 0.1) is 5.82 Å². The molecular weight excluding hydrogens is 301 g/mol. The number of likely N-dealkylation sites (tertiary alicyclic amines) is 1. The fraction of sp³-hybridized carbons (Fsp3) is 0.429. The molecule has 1 amide bonds. The van der Waals surface area contributed by atoms with Crippen LogP contribution in [-0.2, 0) is 16.0 Å². The molecular formula is C14H15ClFNO4. The molecule has 0 aromatic heterocycles. The van der Waals surface area contributed by atoms with Crippen LogP contribution in [0.5, 0.6) is 0 Å². The van der Waals surface area contributed by atoms with Crippen LogP contribution in [0.25, 0.3) is 0 Å². The van der Waals surface area contributed by atoms with E-state index in [4.69, 9.17) is 16.7 Å². The number of aliphatic hydroxyl groups is 1. The van der Waals surface area contributed by atoms with Gasteiger partial charge in [-0.15, -0.1) is 0 Å². The Bertz CT molecular complexity index is 550. The maximum absolute atomic E-state index is 13.6. The second-order valence-corrected chi connectivity index (χ2v) is 5.50. The molecule has 21 heavy (non-hydrogen) atoms. The van der Waals surface area contributed by atoms with Gasteiger partial charge in [-0.2, -0.15) is 0 Å². The SMILES string of the molecule is O=C(Cc1c(F)cccc1Cl)N1CCC(O)(C(=O)O)CC1. The van der Waals surface area contributed by atoms with Gasteiger partial charge in [0.1, 0.15) is 5.82 Å². The van der Waals surface area contributed by atoms with Crippen molar-refractivity contribution in [2.24, 2.45) is 0 Å². The highest BCUT2D eigenvalue weighted by Gasteiger charge is 2.40. The lowest BCUT2D eigenvalue weighted by Crippen LogP contribution is -2.51. The van der Waals surface area contributed by atoms with Crippen molar-refractivity contribution in [1.29, 1.82) is 0 Å². The third-order valence-electron chi connectivity index (χ3n) is 3.73. The first-order chi connectivity index (χ1) is 9.83. The van der Waals surface area contributed by atoms with Gasteiger partial charge in [-0.05, 0) is 12.1 Å². The average Bonchev–Trinajstić information content (AvgIpc) is 2.43. The van der Waals surface area contributed by atoms with E-state index in [1.165, 1.54) is 23.1 Å². The summed E-state index contributed by atoms with van der Waals surface area (Å²) in [6, 6.07) is 4.19. The van der Waals surface area contributed by atoms with Gasteiger partial charge in [0.15, 0.2) is 5.60 Å². The predicted octanol–water partition coefficient (Wildman–Crippen LogP) is 1.46. The largest absolute Gasteiger partial charge is 0.479 e. The number of aliphatic carboxylic acids is 1. The summed E-state index contributed by atoms with van der Waals surface area (Å²) in [5.74, 6) is -2.17. The molecule has 0 saturated carbocycles. The lowest BCUT2D eigenvalue weighted by atomic mass is 9.91. The van der Waals surface area contributed by atoms with E-state index in [2.05, 4.69) is 0 Å². The standard InChI is InChI=1S/C14H15ClFNO4/c15-10-2-1-3-11(16)9(10)8-12(18)17-6-4-14(21,5-7-17)13(19)20/h1-3,21H,4-8H2,(H,19,20). The van der Waals surface area contributed by atoms with Crippen LogP contribution >= 0.6 is 11.6 Å². The number of halogens is 2. The van der Waals surface area contributed by atoms with Crippen LogP contribution in [0.3, 0.4) is 0 Å². The van der Waals surface area contributed by atoms with E-state index in [-0.39, 0.29) is 48.8 Å². The van der Waals surface area contributed by atoms with Gasteiger partial charge in [0, 0.05) is 36.5 Å². The predicted molar refractivity (Wildman–Crippen MR) is 73.5 cm³/mol. The molecule has 5 nitrogen and oxygen atoms in total. The van der Waals surface area contributed by atoms with Crippen molar-refractivity contribution in [3.05, 3.63) is 34.6 Å². The molecule has 1 aliphatic heterocycles. The number of carboxylic acids is 1. The Morgan fingerprint density at radius 3 is 2.48 bits per heavy atom.